The van der Waals surface area contributed by atoms with Gasteiger partial charge in [0, 0.05) is 36.0 Å². The highest BCUT2D eigenvalue weighted by Crippen LogP contribution is 2.28. The average molecular weight is 296 g/mol. The van der Waals surface area contributed by atoms with E-state index in [1.807, 2.05) is 0 Å². The Morgan fingerprint density at radius 2 is 2.05 bits per heavy atom. The van der Waals surface area contributed by atoms with Crippen molar-refractivity contribution in [3.63, 3.8) is 0 Å². The largest absolute Gasteiger partial charge is 0.480 e. The van der Waals surface area contributed by atoms with Gasteiger partial charge in [-0.25, -0.2) is 8.42 Å². The summed E-state index contributed by atoms with van der Waals surface area (Å²) in [6, 6.07) is 3.85. The molecule has 0 amide bonds. The SMILES string of the molecule is CNC(C(=O)O)c1cn(C)c2ccc(S(C)(=O)=O)cc12. The van der Waals surface area contributed by atoms with Gasteiger partial charge in [0.05, 0.1) is 4.90 Å². The molecule has 1 aromatic carbocycles. The van der Waals surface area contributed by atoms with Crippen molar-refractivity contribution in [2.24, 2.45) is 7.05 Å². The second-order valence-electron chi connectivity index (χ2n) is 4.71. The number of hydrogen-bond donors (Lipinski definition) is 2. The molecule has 0 aliphatic heterocycles. The van der Waals surface area contributed by atoms with Gasteiger partial charge in [-0.15, -0.1) is 0 Å². The maximum Gasteiger partial charge on any atom is 0.325 e. The molecule has 0 saturated carbocycles. The van der Waals surface area contributed by atoms with Gasteiger partial charge < -0.3 is 15.0 Å². The summed E-state index contributed by atoms with van der Waals surface area (Å²) in [5.41, 5.74) is 1.33. The molecule has 0 radical (unpaired) electrons. The Bertz CT molecular complexity index is 777. The quantitative estimate of drug-likeness (QED) is 0.876. The van der Waals surface area contributed by atoms with Crippen molar-refractivity contribution in [1.29, 1.82) is 0 Å². The highest BCUT2D eigenvalue weighted by Gasteiger charge is 2.23. The van der Waals surface area contributed by atoms with Crippen LogP contribution < -0.4 is 5.32 Å². The van der Waals surface area contributed by atoms with Crippen LogP contribution in [0, 0.1) is 0 Å². The van der Waals surface area contributed by atoms with Crippen LogP contribution in [0.25, 0.3) is 10.9 Å². The first-order valence-corrected chi connectivity index (χ1v) is 7.84. The molecule has 1 unspecified atom stereocenters. The summed E-state index contributed by atoms with van der Waals surface area (Å²) in [6.45, 7) is 0. The number of aliphatic carboxylic acids is 1. The van der Waals surface area contributed by atoms with E-state index in [1.54, 1.807) is 30.9 Å². The number of benzene rings is 1. The monoisotopic (exact) mass is 296 g/mol. The minimum absolute atomic E-state index is 0.178. The van der Waals surface area contributed by atoms with E-state index in [1.165, 1.54) is 12.1 Å². The first-order valence-electron chi connectivity index (χ1n) is 5.95. The minimum atomic E-state index is -3.33. The predicted octanol–water partition coefficient (Wildman–Crippen LogP) is 0.927. The maximum atomic E-state index is 11.6. The van der Waals surface area contributed by atoms with Crippen LogP contribution in [0.2, 0.25) is 0 Å². The number of likely N-dealkylation sites (N-methyl/N-ethyl adjacent to an activating group) is 1. The molecule has 1 heterocycles. The highest BCUT2D eigenvalue weighted by atomic mass is 32.2. The van der Waals surface area contributed by atoms with E-state index in [0.29, 0.717) is 10.9 Å². The molecule has 108 valence electrons. The molecule has 2 N–H and O–H groups in total. The molecule has 7 heteroatoms. The number of nitrogens with zero attached hydrogens (tertiary/aromatic N) is 1. The highest BCUT2D eigenvalue weighted by molar-refractivity contribution is 7.90. The molecule has 0 saturated heterocycles. The van der Waals surface area contributed by atoms with Gasteiger partial charge in [0.15, 0.2) is 9.84 Å². The zero-order chi connectivity index (χ0) is 15.1. The Morgan fingerprint density at radius 3 is 2.55 bits per heavy atom. The molecule has 2 rings (SSSR count). The van der Waals surface area contributed by atoms with Crippen molar-refractivity contribution < 1.29 is 18.3 Å². The van der Waals surface area contributed by atoms with Crippen molar-refractivity contribution in [2.45, 2.75) is 10.9 Å². The van der Waals surface area contributed by atoms with Crippen molar-refractivity contribution >= 4 is 26.7 Å². The van der Waals surface area contributed by atoms with Crippen molar-refractivity contribution in [3.8, 4) is 0 Å². The van der Waals surface area contributed by atoms with Gasteiger partial charge in [-0.05, 0) is 25.2 Å². The van der Waals surface area contributed by atoms with E-state index in [4.69, 9.17) is 0 Å². The molecule has 1 atom stereocenters. The molecule has 0 fully saturated rings. The number of carboxylic acid groups (broad SMARTS) is 1. The molecule has 6 nitrogen and oxygen atoms in total. The normalized spacial score (nSPS) is 13.6. The number of rotatable bonds is 4. The number of hydrogen-bond acceptors (Lipinski definition) is 4. The van der Waals surface area contributed by atoms with Gasteiger partial charge in [-0.1, -0.05) is 0 Å². The maximum absolute atomic E-state index is 11.6. The number of sulfone groups is 1. The van der Waals surface area contributed by atoms with E-state index in [0.717, 1.165) is 11.8 Å². The Morgan fingerprint density at radius 1 is 1.40 bits per heavy atom. The van der Waals surface area contributed by atoms with Gasteiger partial charge in [-0.2, -0.15) is 0 Å². The summed E-state index contributed by atoms with van der Waals surface area (Å²) in [4.78, 5) is 11.5. The molecule has 0 spiro atoms. The van der Waals surface area contributed by atoms with E-state index < -0.39 is 21.8 Å². The van der Waals surface area contributed by atoms with Crippen LogP contribution in [-0.2, 0) is 21.7 Å². The van der Waals surface area contributed by atoms with Gasteiger partial charge in [0.1, 0.15) is 6.04 Å². The number of carbonyl (C=O) groups is 1. The summed E-state index contributed by atoms with van der Waals surface area (Å²) >= 11 is 0. The Balaban J connectivity index is 2.76. The summed E-state index contributed by atoms with van der Waals surface area (Å²) < 4.78 is 25.0. The fourth-order valence-electron chi connectivity index (χ4n) is 2.27. The van der Waals surface area contributed by atoms with E-state index in [9.17, 15) is 18.3 Å². The van der Waals surface area contributed by atoms with Gasteiger partial charge in [0.25, 0.3) is 0 Å². The third-order valence-corrected chi connectivity index (χ3v) is 4.38. The Kier molecular flexibility index (Phi) is 3.58. The smallest absolute Gasteiger partial charge is 0.325 e. The fraction of sp³-hybridized carbons (Fsp3) is 0.308. The predicted molar refractivity (Wildman–Crippen MR) is 75.5 cm³/mol. The lowest BCUT2D eigenvalue weighted by Gasteiger charge is -2.10. The van der Waals surface area contributed by atoms with Gasteiger partial charge >= 0.3 is 5.97 Å². The average Bonchev–Trinajstić information content (AvgIpc) is 2.66. The molecule has 1 aromatic heterocycles. The van der Waals surface area contributed by atoms with Crippen LogP contribution in [0.4, 0.5) is 0 Å². The topological polar surface area (TPSA) is 88.4 Å². The van der Waals surface area contributed by atoms with E-state index >= 15 is 0 Å². The third kappa shape index (κ3) is 2.41. The second-order valence-corrected chi connectivity index (χ2v) is 6.72. The van der Waals surface area contributed by atoms with Crippen LogP contribution in [0.15, 0.2) is 29.3 Å². The lowest BCUT2D eigenvalue weighted by Crippen LogP contribution is -2.24. The zero-order valence-electron chi connectivity index (χ0n) is 11.4. The lowest BCUT2D eigenvalue weighted by molar-refractivity contribution is -0.139. The standard InChI is InChI=1S/C13H16N2O4S/c1-14-12(13(16)17)10-7-15(2)11-5-4-8(6-9(10)11)20(3,18)19/h4-7,12,14H,1-3H3,(H,16,17). The molecular weight excluding hydrogens is 280 g/mol. The first-order chi connectivity index (χ1) is 9.25. The van der Waals surface area contributed by atoms with Crippen molar-refractivity contribution in [2.75, 3.05) is 13.3 Å². The Hall–Kier alpha value is -1.86. The second kappa shape index (κ2) is 4.92. The molecule has 0 aliphatic carbocycles. The number of nitrogens with one attached hydrogen (secondary N) is 1. The molecule has 20 heavy (non-hydrogen) atoms. The molecular formula is C13H16N2O4S. The fourth-order valence-corrected chi connectivity index (χ4v) is 2.92. The number of aromatic nitrogens is 1. The minimum Gasteiger partial charge on any atom is -0.480 e. The van der Waals surface area contributed by atoms with Crippen LogP contribution in [-0.4, -0.2) is 37.4 Å². The van der Waals surface area contributed by atoms with E-state index in [-0.39, 0.29) is 4.90 Å². The van der Waals surface area contributed by atoms with E-state index in [2.05, 4.69) is 5.32 Å². The molecule has 2 aromatic rings. The van der Waals surface area contributed by atoms with Crippen molar-refractivity contribution in [3.05, 3.63) is 30.0 Å². The third-order valence-electron chi connectivity index (χ3n) is 3.27. The number of aryl methyl sites for hydroxylation is 1. The van der Waals surface area contributed by atoms with Crippen molar-refractivity contribution in [1.82, 2.24) is 9.88 Å². The van der Waals surface area contributed by atoms with Gasteiger partial charge in [-0.3, -0.25) is 4.79 Å². The summed E-state index contributed by atoms with van der Waals surface area (Å²) in [5.74, 6) is -1.01. The first kappa shape index (κ1) is 14.5. The van der Waals surface area contributed by atoms with Crippen LogP contribution in [0.1, 0.15) is 11.6 Å². The van der Waals surface area contributed by atoms with Crippen LogP contribution in [0.5, 0.6) is 0 Å². The summed E-state index contributed by atoms with van der Waals surface area (Å²) in [7, 11) is 0.0142. The number of fused-ring (bicyclic) bond motifs is 1. The summed E-state index contributed by atoms with van der Waals surface area (Å²) in [5, 5.41) is 12.6. The van der Waals surface area contributed by atoms with Crippen LogP contribution in [0.3, 0.4) is 0 Å². The van der Waals surface area contributed by atoms with Crippen LogP contribution >= 0.6 is 0 Å². The molecule has 0 aliphatic rings. The molecule has 0 bridgehead atoms. The zero-order valence-corrected chi connectivity index (χ0v) is 12.2. The number of carboxylic acids is 1. The lowest BCUT2D eigenvalue weighted by atomic mass is 10.1. The Labute approximate surface area is 116 Å². The summed E-state index contributed by atoms with van der Waals surface area (Å²) in [6.07, 6.45) is 2.83. The van der Waals surface area contributed by atoms with Gasteiger partial charge in [0.2, 0.25) is 0 Å².